The Bertz CT molecular complexity index is 700. The van der Waals surface area contributed by atoms with Crippen LogP contribution in [0.4, 0.5) is 5.82 Å². The number of anilines is 1. The summed E-state index contributed by atoms with van der Waals surface area (Å²) in [6.07, 6.45) is 0. The number of rotatable bonds is 2. The molecule has 21 heavy (non-hydrogen) atoms. The maximum Gasteiger partial charge on any atom is 0.338 e. The fourth-order valence-corrected chi connectivity index (χ4v) is 2.14. The quantitative estimate of drug-likeness (QED) is 0.849. The number of methoxy groups -OCH3 is 1. The van der Waals surface area contributed by atoms with Gasteiger partial charge in [-0.3, -0.25) is 0 Å². The molecule has 0 saturated heterocycles. The molecule has 0 amide bonds. The molecule has 2 aromatic rings. The van der Waals surface area contributed by atoms with Crippen molar-refractivity contribution in [3.05, 3.63) is 35.9 Å². The summed E-state index contributed by atoms with van der Waals surface area (Å²) in [5.41, 5.74) is 7.47. The molecular formula is C15H14N2O4. The molecule has 0 bridgehead atoms. The number of fused-ring (bicyclic) bond motifs is 1. The molecule has 6 heteroatoms. The van der Waals surface area contributed by atoms with E-state index in [2.05, 4.69) is 4.98 Å². The molecule has 0 fully saturated rings. The van der Waals surface area contributed by atoms with Crippen molar-refractivity contribution >= 4 is 11.8 Å². The number of nitrogens with zero attached hydrogens (tertiary/aromatic N) is 1. The molecule has 1 aromatic carbocycles. The Morgan fingerprint density at radius 2 is 1.95 bits per heavy atom. The van der Waals surface area contributed by atoms with E-state index in [9.17, 15) is 4.79 Å². The SMILES string of the molecule is COC(=O)c1cc(N)nc(-c2ccc3c(c2)OCCO3)c1. The molecule has 0 unspecified atom stereocenters. The van der Waals surface area contributed by atoms with Crippen molar-refractivity contribution in [2.75, 3.05) is 26.1 Å². The molecule has 2 N–H and O–H groups in total. The number of aromatic nitrogens is 1. The largest absolute Gasteiger partial charge is 0.486 e. The second-order valence-corrected chi connectivity index (χ2v) is 4.52. The minimum atomic E-state index is -0.456. The molecule has 3 rings (SSSR count). The topological polar surface area (TPSA) is 83.7 Å². The molecule has 0 saturated carbocycles. The van der Waals surface area contributed by atoms with E-state index < -0.39 is 5.97 Å². The summed E-state index contributed by atoms with van der Waals surface area (Å²) in [4.78, 5) is 15.9. The summed E-state index contributed by atoms with van der Waals surface area (Å²) in [7, 11) is 1.32. The highest BCUT2D eigenvalue weighted by molar-refractivity contribution is 5.91. The van der Waals surface area contributed by atoms with Crippen LogP contribution in [0.15, 0.2) is 30.3 Å². The van der Waals surface area contributed by atoms with Gasteiger partial charge < -0.3 is 19.9 Å². The molecule has 1 aromatic heterocycles. The molecule has 0 spiro atoms. The van der Waals surface area contributed by atoms with Crippen molar-refractivity contribution in [2.45, 2.75) is 0 Å². The fraction of sp³-hybridized carbons (Fsp3) is 0.200. The second kappa shape index (κ2) is 5.32. The predicted molar refractivity (Wildman–Crippen MR) is 76.4 cm³/mol. The highest BCUT2D eigenvalue weighted by atomic mass is 16.6. The monoisotopic (exact) mass is 286 g/mol. The molecule has 108 valence electrons. The number of esters is 1. The molecule has 1 aliphatic heterocycles. The van der Waals surface area contributed by atoms with Crippen molar-refractivity contribution in [3.63, 3.8) is 0 Å². The van der Waals surface area contributed by atoms with Gasteiger partial charge in [-0.1, -0.05) is 0 Å². The van der Waals surface area contributed by atoms with Crippen LogP contribution >= 0.6 is 0 Å². The summed E-state index contributed by atoms with van der Waals surface area (Å²) < 4.78 is 15.7. The zero-order valence-corrected chi connectivity index (χ0v) is 11.5. The molecule has 6 nitrogen and oxygen atoms in total. The Morgan fingerprint density at radius 1 is 1.19 bits per heavy atom. The summed E-state index contributed by atoms with van der Waals surface area (Å²) >= 11 is 0. The fourth-order valence-electron chi connectivity index (χ4n) is 2.14. The predicted octanol–water partition coefficient (Wildman–Crippen LogP) is 1.89. The minimum Gasteiger partial charge on any atom is -0.486 e. The Hall–Kier alpha value is -2.76. The van der Waals surface area contributed by atoms with Crippen molar-refractivity contribution in [1.82, 2.24) is 4.98 Å². The third kappa shape index (κ3) is 2.60. The van der Waals surface area contributed by atoms with Gasteiger partial charge in [0, 0.05) is 5.56 Å². The van der Waals surface area contributed by atoms with E-state index in [1.165, 1.54) is 13.2 Å². The molecule has 2 heterocycles. The Labute approximate surface area is 121 Å². The normalized spacial score (nSPS) is 12.8. The number of carbonyl (C=O) groups is 1. The van der Waals surface area contributed by atoms with Gasteiger partial charge in [-0.25, -0.2) is 9.78 Å². The van der Waals surface area contributed by atoms with Gasteiger partial charge in [0.2, 0.25) is 0 Å². The molecule has 0 atom stereocenters. The second-order valence-electron chi connectivity index (χ2n) is 4.52. The summed E-state index contributed by atoms with van der Waals surface area (Å²) in [6.45, 7) is 1.05. The number of benzene rings is 1. The van der Waals surface area contributed by atoms with Crippen LogP contribution in [0.3, 0.4) is 0 Å². The Balaban J connectivity index is 2.03. The van der Waals surface area contributed by atoms with E-state index in [0.29, 0.717) is 36.0 Å². The lowest BCUT2D eigenvalue weighted by molar-refractivity contribution is 0.0600. The van der Waals surface area contributed by atoms with Gasteiger partial charge in [0.15, 0.2) is 11.5 Å². The summed E-state index contributed by atoms with van der Waals surface area (Å²) in [6, 6.07) is 8.58. The van der Waals surface area contributed by atoms with Gasteiger partial charge in [-0.05, 0) is 30.3 Å². The number of hydrogen-bond donors (Lipinski definition) is 1. The first-order valence-electron chi connectivity index (χ1n) is 6.43. The van der Waals surface area contributed by atoms with Gasteiger partial charge in [0.25, 0.3) is 0 Å². The van der Waals surface area contributed by atoms with Gasteiger partial charge in [-0.2, -0.15) is 0 Å². The standard InChI is InChI=1S/C15H14N2O4/c1-19-15(18)10-6-11(17-14(16)8-10)9-2-3-12-13(7-9)21-5-4-20-12/h2-3,6-8H,4-5H2,1H3,(H2,16,17). The van der Waals surface area contributed by atoms with E-state index >= 15 is 0 Å². The van der Waals surface area contributed by atoms with Crippen LogP contribution in [-0.4, -0.2) is 31.3 Å². The first kappa shape index (κ1) is 13.2. The zero-order valence-electron chi connectivity index (χ0n) is 11.5. The number of ether oxygens (including phenoxy) is 3. The number of carbonyl (C=O) groups excluding carboxylic acids is 1. The lowest BCUT2D eigenvalue weighted by Gasteiger charge is -2.18. The van der Waals surface area contributed by atoms with E-state index in [1.807, 2.05) is 18.2 Å². The molecule has 0 aliphatic carbocycles. The average Bonchev–Trinajstić information content (AvgIpc) is 2.53. The average molecular weight is 286 g/mol. The highest BCUT2D eigenvalue weighted by Crippen LogP contribution is 2.34. The van der Waals surface area contributed by atoms with Gasteiger partial charge in [0.1, 0.15) is 19.0 Å². The molecule has 1 aliphatic rings. The van der Waals surface area contributed by atoms with Gasteiger partial charge in [-0.15, -0.1) is 0 Å². The smallest absolute Gasteiger partial charge is 0.338 e. The van der Waals surface area contributed by atoms with Gasteiger partial charge in [0.05, 0.1) is 18.4 Å². The van der Waals surface area contributed by atoms with Crippen LogP contribution in [0.2, 0.25) is 0 Å². The molecule has 0 radical (unpaired) electrons. The van der Waals surface area contributed by atoms with Crippen molar-refractivity contribution in [1.29, 1.82) is 0 Å². The van der Waals surface area contributed by atoms with E-state index in [-0.39, 0.29) is 5.82 Å². The van der Waals surface area contributed by atoms with Gasteiger partial charge >= 0.3 is 5.97 Å². The number of pyridine rings is 1. The molecular weight excluding hydrogens is 272 g/mol. The van der Waals surface area contributed by atoms with E-state index in [1.54, 1.807) is 6.07 Å². The first-order chi connectivity index (χ1) is 10.2. The lowest BCUT2D eigenvalue weighted by Crippen LogP contribution is -2.15. The highest BCUT2D eigenvalue weighted by Gasteiger charge is 2.15. The number of nitrogens with two attached hydrogens (primary N) is 1. The maximum absolute atomic E-state index is 11.6. The van der Waals surface area contributed by atoms with Crippen LogP contribution < -0.4 is 15.2 Å². The van der Waals surface area contributed by atoms with Crippen molar-refractivity contribution in [2.24, 2.45) is 0 Å². The zero-order chi connectivity index (χ0) is 14.8. The first-order valence-corrected chi connectivity index (χ1v) is 6.43. The van der Waals surface area contributed by atoms with Crippen molar-refractivity contribution in [3.8, 4) is 22.8 Å². The van der Waals surface area contributed by atoms with E-state index in [0.717, 1.165) is 5.56 Å². The van der Waals surface area contributed by atoms with Crippen LogP contribution in [0.1, 0.15) is 10.4 Å². The third-order valence-corrected chi connectivity index (χ3v) is 3.10. The lowest BCUT2D eigenvalue weighted by atomic mass is 10.1. The Kier molecular flexibility index (Phi) is 3.35. The third-order valence-electron chi connectivity index (χ3n) is 3.10. The summed E-state index contributed by atoms with van der Waals surface area (Å²) in [5, 5.41) is 0. The van der Waals surface area contributed by atoms with E-state index in [4.69, 9.17) is 19.9 Å². The van der Waals surface area contributed by atoms with Crippen LogP contribution in [0.5, 0.6) is 11.5 Å². The number of nitrogen functional groups attached to an aromatic ring is 1. The van der Waals surface area contributed by atoms with Crippen LogP contribution in [0, 0.1) is 0 Å². The van der Waals surface area contributed by atoms with Crippen molar-refractivity contribution < 1.29 is 19.0 Å². The van der Waals surface area contributed by atoms with Crippen LogP contribution in [-0.2, 0) is 4.74 Å². The maximum atomic E-state index is 11.6. The summed E-state index contributed by atoms with van der Waals surface area (Å²) in [5.74, 6) is 1.15. The Morgan fingerprint density at radius 3 is 2.71 bits per heavy atom. The number of hydrogen-bond acceptors (Lipinski definition) is 6. The van der Waals surface area contributed by atoms with Crippen LogP contribution in [0.25, 0.3) is 11.3 Å². The minimum absolute atomic E-state index is 0.253.